The SMILES string of the molecule is COc1ccc2c(c1)CC[C@]1(C)[C@@H](O[Si](C)(C)c3ccccc3)CC[C@@H]21. The highest BCUT2D eigenvalue weighted by Crippen LogP contribution is 2.57. The predicted octanol–water partition coefficient (Wildman–Crippen LogP) is 5.02. The summed E-state index contributed by atoms with van der Waals surface area (Å²) in [5, 5.41) is 1.40. The number of hydrogen-bond acceptors (Lipinski definition) is 2. The van der Waals surface area contributed by atoms with Crippen molar-refractivity contribution in [3.63, 3.8) is 0 Å². The molecule has 0 spiro atoms. The number of methoxy groups -OCH3 is 1. The number of aryl methyl sites for hydroxylation is 1. The normalized spacial score (nSPS) is 27.7. The Labute approximate surface area is 158 Å². The molecule has 3 atom stereocenters. The van der Waals surface area contributed by atoms with Crippen molar-refractivity contribution in [1.29, 1.82) is 0 Å². The zero-order chi connectivity index (χ0) is 18.4. The highest BCUT2D eigenvalue weighted by atomic mass is 28.4. The summed E-state index contributed by atoms with van der Waals surface area (Å²) in [6, 6.07) is 17.5. The lowest BCUT2D eigenvalue weighted by atomic mass is 9.66. The third kappa shape index (κ3) is 2.91. The van der Waals surface area contributed by atoms with Crippen molar-refractivity contribution in [1.82, 2.24) is 0 Å². The van der Waals surface area contributed by atoms with Crippen LogP contribution >= 0.6 is 0 Å². The van der Waals surface area contributed by atoms with Crippen molar-refractivity contribution in [3.8, 4) is 5.75 Å². The molecule has 3 heteroatoms. The Morgan fingerprint density at radius 3 is 2.54 bits per heavy atom. The monoisotopic (exact) mass is 366 g/mol. The first-order valence-corrected chi connectivity index (χ1v) is 12.7. The topological polar surface area (TPSA) is 18.5 Å². The van der Waals surface area contributed by atoms with Crippen molar-refractivity contribution in [2.45, 2.75) is 57.7 Å². The molecule has 0 radical (unpaired) electrons. The molecule has 26 heavy (non-hydrogen) atoms. The molecule has 2 aromatic carbocycles. The Kier molecular flexibility index (Phi) is 4.48. The number of hydrogen-bond donors (Lipinski definition) is 0. The van der Waals surface area contributed by atoms with Gasteiger partial charge in [0.15, 0.2) is 0 Å². The number of ether oxygens (including phenoxy) is 1. The van der Waals surface area contributed by atoms with Crippen LogP contribution in [0.25, 0.3) is 0 Å². The van der Waals surface area contributed by atoms with Gasteiger partial charge in [0, 0.05) is 0 Å². The van der Waals surface area contributed by atoms with Crippen LogP contribution in [-0.4, -0.2) is 21.5 Å². The predicted molar refractivity (Wildman–Crippen MR) is 110 cm³/mol. The molecule has 0 unspecified atom stereocenters. The summed E-state index contributed by atoms with van der Waals surface area (Å²) in [6.45, 7) is 7.17. The molecular formula is C23H30O2Si. The summed E-state index contributed by atoms with van der Waals surface area (Å²) in [4.78, 5) is 0. The third-order valence-corrected chi connectivity index (χ3v) is 9.41. The minimum absolute atomic E-state index is 0.251. The number of fused-ring (bicyclic) bond motifs is 3. The van der Waals surface area contributed by atoms with Crippen LogP contribution in [0, 0.1) is 5.41 Å². The van der Waals surface area contributed by atoms with Gasteiger partial charge in [0.05, 0.1) is 13.2 Å². The third-order valence-electron chi connectivity index (χ3n) is 6.81. The van der Waals surface area contributed by atoms with Crippen molar-refractivity contribution in [2.75, 3.05) is 7.11 Å². The lowest BCUT2D eigenvalue weighted by molar-refractivity contribution is 0.0616. The summed E-state index contributed by atoms with van der Waals surface area (Å²) < 4.78 is 12.4. The van der Waals surface area contributed by atoms with Gasteiger partial charge in [-0.25, -0.2) is 0 Å². The van der Waals surface area contributed by atoms with Gasteiger partial charge in [-0.2, -0.15) is 0 Å². The van der Waals surface area contributed by atoms with Gasteiger partial charge >= 0.3 is 0 Å². The molecule has 2 nitrogen and oxygen atoms in total. The van der Waals surface area contributed by atoms with Crippen molar-refractivity contribution < 1.29 is 9.16 Å². The van der Waals surface area contributed by atoms with E-state index >= 15 is 0 Å². The molecule has 138 valence electrons. The smallest absolute Gasteiger partial charge is 0.218 e. The summed E-state index contributed by atoms with van der Waals surface area (Å²) in [5.41, 5.74) is 3.26. The van der Waals surface area contributed by atoms with E-state index in [0.29, 0.717) is 12.0 Å². The summed E-state index contributed by atoms with van der Waals surface area (Å²) in [5.74, 6) is 1.60. The van der Waals surface area contributed by atoms with Gasteiger partial charge in [0.1, 0.15) is 5.75 Å². The summed E-state index contributed by atoms with van der Waals surface area (Å²) in [6.07, 6.45) is 5.12. The molecule has 0 saturated heterocycles. The van der Waals surface area contributed by atoms with Crippen LogP contribution in [0.4, 0.5) is 0 Å². The fraction of sp³-hybridized carbons (Fsp3) is 0.478. The Morgan fingerprint density at radius 2 is 1.81 bits per heavy atom. The lowest BCUT2D eigenvalue weighted by Crippen LogP contribution is -2.50. The van der Waals surface area contributed by atoms with E-state index in [1.54, 1.807) is 7.11 Å². The van der Waals surface area contributed by atoms with Crippen molar-refractivity contribution >= 4 is 13.5 Å². The Morgan fingerprint density at radius 1 is 1.04 bits per heavy atom. The second-order valence-electron chi connectivity index (χ2n) is 8.68. The molecule has 0 heterocycles. The van der Waals surface area contributed by atoms with E-state index in [4.69, 9.17) is 9.16 Å². The highest BCUT2D eigenvalue weighted by molar-refractivity contribution is 6.84. The quantitative estimate of drug-likeness (QED) is 0.707. The average Bonchev–Trinajstić information content (AvgIpc) is 2.98. The van der Waals surface area contributed by atoms with Gasteiger partial charge in [0.25, 0.3) is 0 Å². The minimum atomic E-state index is -1.89. The summed E-state index contributed by atoms with van der Waals surface area (Å²) >= 11 is 0. The fourth-order valence-corrected chi connectivity index (χ4v) is 7.40. The fourth-order valence-electron chi connectivity index (χ4n) is 5.17. The van der Waals surface area contributed by atoms with Crippen LogP contribution < -0.4 is 9.92 Å². The van der Waals surface area contributed by atoms with Gasteiger partial charge in [-0.05, 0) is 78.6 Å². The summed E-state index contributed by atoms with van der Waals surface area (Å²) in [7, 11) is -0.140. The van der Waals surface area contributed by atoms with E-state index in [2.05, 4.69) is 68.5 Å². The Balaban J connectivity index is 1.60. The van der Waals surface area contributed by atoms with Gasteiger partial charge in [-0.15, -0.1) is 0 Å². The van der Waals surface area contributed by atoms with Crippen molar-refractivity contribution in [3.05, 3.63) is 59.7 Å². The largest absolute Gasteiger partial charge is 0.497 e. The molecule has 0 bridgehead atoms. The molecule has 0 amide bonds. The van der Waals surface area contributed by atoms with Crippen LogP contribution in [0.1, 0.15) is 43.2 Å². The first-order chi connectivity index (χ1) is 12.4. The van der Waals surface area contributed by atoms with Crippen LogP contribution in [-0.2, 0) is 10.8 Å². The molecule has 1 fully saturated rings. The Hall–Kier alpha value is -1.58. The molecule has 0 N–H and O–H groups in total. The maximum atomic E-state index is 6.93. The van der Waals surface area contributed by atoms with Crippen LogP contribution in [0.3, 0.4) is 0 Å². The van der Waals surface area contributed by atoms with E-state index in [-0.39, 0.29) is 5.41 Å². The first kappa shape index (κ1) is 17.8. The van der Waals surface area contributed by atoms with Gasteiger partial charge in [-0.1, -0.05) is 43.3 Å². The van der Waals surface area contributed by atoms with E-state index in [1.165, 1.54) is 35.6 Å². The molecule has 0 aromatic heterocycles. The van der Waals surface area contributed by atoms with Gasteiger partial charge in [0.2, 0.25) is 8.32 Å². The molecule has 4 rings (SSSR count). The average molecular weight is 367 g/mol. The second-order valence-corrected chi connectivity index (χ2v) is 12.5. The highest BCUT2D eigenvalue weighted by Gasteiger charge is 2.51. The van der Waals surface area contributed by atoms with Crippen LogP contribution in [0.2, 0.25) is 13.1 Å². The maximum Gasteiger partial charge on any atom is 0.218 e. The van der Waals surface area contributed by atoms with Gasteiger partial charge in [-0.3, -0.25) is 0 Å². The van der Waals surface area contributed by atoms with Crippen LogP contribution in [0.5, 0.6) is 5.75 Å². The molecule has 0 aliphatic heterocycles. The van der Waals surface area contributed by atoms with E-state index in [1.807, 2.05) is 0 Å². The van der Waals surface area contributed by atoms with Crippen LogP contribution in [0.15, 0.2) is 48.5 Å². The lowest BCUT2D eigenvalue weighted by Gasteiger charge is -2.44. The number of rotatable bonds is 4. The van der Waals surface area contributed by atoms with E-state index in [0.717, 1.165) is 12.2 Å². The van der Waals surface area contributed by atoms with Crippen molar-refractivity contribution in [2.24, 2.45) is 5.41 Å². The molecule has 2 aromatic rings. The molecule has 1 saturated carbocycles. The van der Waals surface area contributed by atoms with E-state index < -0.39 is 8.32 Å². The maximum absolute atomic E-state index is 6.93. The molecular weight excluding hydrogens is 336 g/mol. The Bertz CT molecular complexity index is 786. The molecule has 2 aliphatic carbocycles. The second kappa shape index (κ2) is 6.54. The van der Waals surface area contributed by atoms with E-state index in [9.17, 15) is 0 Å². The molecule has 2 aliphatic rings. The minimum Gasteiger partial charge on any atom is -0.497 e. The zero-order valence-electron chi connectivity index (χ0n) is 16.4. The standard InChI is InChI=1S/C23H30O2Si/c1-23-15-14-17-16-18(24-2)10-11-20(17)21(23)12-13-22(23)25-26(3,4)19-8-6-5-7-9-19/h5-11,16,21-22H,12-15H2,1-4H3/t21-,22-,23-/m0/s1. The zero-order valence-corrected chi connectivity index (χ0v) is 17.4. The van der Waals surface area contributed by atoms with Gasteiger partial charge < -0.3 is 9.16 Å². The first-order valence-electron chi connectivity index (χ1n) is 9.84. The number of benzene rings is 2.